The van der Waals surface area contributed by atoms with Gasteiger partial charge in [0.2, 0.25) is 5.91 Å². The minimum Gasteiger partial charge on any atom is -0.356 e. The first-order valence-corrected chi connectivity index (χ1v) is 6.14. The number of hydrogen-bond donors (Lipinski definition) is 2. The minimum absolute atomic E-state index is 0.0709. The van der Waals surface area contributed by atoms with Gasteiger partial charge in [-0.05, 0) is 37.1 Å². The monoisotopic (exact) mass is 245 g/mol. The van der Waals surface area contributed by atoms with Gasteiger partial charge in [-0.15, -0.1) is 0 Å². The van der Waals surface area contributed by atoms with Gasteiger partial charge in [0.1, 0.15) is 0 Å². The van der Waals surface area contributed by atoms with E-state index >= 15 is 0 Å². The second-order valence-electron chi connectivity index (χ2n) is 4.13. The van der Waals surface area contributed by atoms with Crippen LogP contribution in [-0.4, -0.2) is 19.0 Å². The summed E-state index contributed by atoms with van der Waals surface area (Å²) in [6.45, 7) is 5.95. The second kappa shape index (κ2) is 7.46. The molecule has 0 heterocycles. The molecule has 0 aliphatic carbocycles. The highest BCUT2D eigenvalue weighted by Gasteiger charge is 2.01. The third-order valence-electron chi connectivity index (χ3n) is 2.69. The van der Waals surface area contributed by atoms with Gasteiger partial charge >= 0.3 is 0 Å². The Morgan fingerprint density at radius 3 is 2.83 bits per heavy atom. The van der Waals surface area contributed by atoms with Gasteiger partial charge in [0.05, 0.1) is 11.6 Å². The number of nitrogens with zero attached hydrogens (tertiary/aromatic N) is 1. The van der Waals surface area contributed by atoms with Crippen molar-refractivity contribution in [1.82, 2.24) is 10.6 Å². The summed E-state index contributed by atoms with van der Waals surface area (Å²) in [7, 11) is 0. The maximum atomic E-state index is 11.2. The molecule has 1 aromatic rings. The lowest BCUT2D eigenvalue weighted by atomic mass is 10.1. The lowest BCUT2D eigenvalue weighted by Crippen LogP contribution is -2.27. The third-order valence-corrected chi connectivity index (χ3v) is 2.69. The van der Waals surface area contributed by atoms with Gasteiger partial charge in [-0.25, -0.2) is 0 Å². The Kier molecular flexibility index (Phi) is 5.89. The molecule has 2 N–H and O–H groups in total. The number of nitrogens with one attached hydrogen (secondary N) is 2. The molecule has 0 atom stereocenters. The molecule has 4 heteroatoms. The zero-order valence-electron chi connectivity index (χ0n) is 10.9. The van der Waals surface area contributed by atoms with Crippen molar-refractivity contribution < 1.29 is 4.79 Å². The third kappa shape index (κ3) is 4.56. The van der Waals surface area contributed by atoms with Gasteiger partial charge < -0.3 is 10.6 Å². The van der Waals surface area contributed by atoms with Crippen LogP contribution in [0.15, 0.2) is 18.2 Å². The molecule has 1 aromatic carbocycles. The molecular weight excluding hydrogens is 226 g/mol. The fraction of sp³-hybridized carbons (Fsp3) is 0.429. The summed E-state index contributed by atoms with van der Waals surface area (Å²) >= 11 is 0. The summed E-state index contributed by atoms with van der Waals surface area (Å²) in [4.78, 5) is 11.2. The second-order valence-corrected chi connectivity index (χ2v) is 4.13. The zero-order chi connectivity index (χ0) is 13.4. The topological polar surface area (TPSA) is 64.9 Å². The molecule has 4 nitrogen and oxygen atoms in total. The summed E-state index contributed by atoms with van der Waals surface area (Å²) in [5.74, 6) is 0.0709. The van der Waals surface area contributed by atoms with Crippen molar-refractivity contribution >= 4 is 5.91 Å². The molecule has 18 heavy (non-hydrogen) atoms. The SMILES string of the molecule is CCNC(=O)CCNCc1ccc(C#N)cc1C. The predicted molar refractivity (Wildman–Crippen MR) is 70.9 cm³/mol. The van der Waals surface area contributed by atoms with Crippen molar-refractivity contribution in [1.29, 1.82) is 5.26 Å². The van der Waals surface area contributed by atoms with E-state index in [4.69, 9.17) is 5.26 Å². The van der Waals surface area contributed by atoms with Crippen LogP contribution in [0.3, 0.4) is 0 Å². The Labute approximate surface area is 108 Å². The highest BCUT2D eigenvalue weighted by molar-refractivity contribution is 5.75. The minimum atomic E-state index is 0.0709. The predicted octanol–water partition coefficient (Wildman–Crippen LogP) is 1.48. The van der Waals surface area contributed by atoms with Crippen molar-refractivity contribution in [3.05, 3.63) is 34.9 Å². The number of benzene rings is 1. The van der Waals surface area contributed by atoms with Crippen molar-refractivity contribution in [2.45, 2.75) is 26.8 Å². The van der Waals surface area contributed by atoms with Gasteiger partial charge in [-0.2, -0.15) is 5.26 Å². The van der Waals surface area contributed by atoms with Crippen molar-refractivity contribution in [3.63, 3.8) is 0 Å². The molecule has 0 aliphatic rings. The fourth-order valence-electron chi connectivity index (χ4n) is 1.67. The van der Waals surface area contributed by atoms with E-state index in [-0.39, 0.29) is 5.91 Å². The van der Waals surface area contributed by atoms with E-state index in [0.29, 0.717) is 25.1 Å². The summed E-state index contributed by atoms with van der Waals surface area (Å²) in [5, 5.41) is 14.7. The van der Waals surface area contributed by atoms with Gasteiger partial charge in [-0.1, -0.05) is 6.07 Å². The summed E-state index contributed by atoms with van der Waals surface area (Å²) in [6, 6.07) is 7.76. The fourth-order valence-corrected chi connectivity index (χ4v) is 1.67. The maximum Gasteiger partial charge on any atom is 0.221 e. The molecule has 0 unspecified atom stereocenters. The summed E-state index contributed by atoms with van der Waals surface area (Å²) in [5.41, 5.74) is 2.93. The number of aryl methyl sites for hydroxylation is 1. The van der Waals surface area contributed by atoms with Crippen LogP contribution in [0.2, 0.25) is 0 Å². The summed E-state index contributed by atoms with van der Waals surface area (Å²) < 4.78 is 0. The number of carbonyl (C=O) groups excluding carboxylic acids is 1. The molecule has 0 aromatic heterocycles. The van der Waals surface area contributed by atoms with Gasteiger partial charge in [0.25, 0.3) is 0 Å². The molecule has 1 rings (SSSR count). The molecule has 0 saturated carbocycles. The molecule has 0 fully saturated rings. The Balaban J connectivity index is 2.36. The Morgan fingerprint density at radius 1 is 1.44 bits per heavy atom. The van der Waals surface area contributed by atoms with E-state index in [0.717, 1.165) is 17.7 Å². The van der Waals surface area contributed by atoms with E-state index in [1.165, 1.54) is 0 Å². The molecular formula is C14H19N3O. The van der Waals surface area contributed by atoms with Crippen LogP contribution in [0.25, 0.3) is 0 Å². The molecule has 0 saturated heterocycles. The average molecular weight is 245 g/mol. The van der Waals surface area contributed by atoms with Crippen LogP contribution in [0.5, 0.6) is 0 Å². The van der Waals surface area contributed by atoms with Crippen molar-refractivity contribution in [2.24, 2.45) is 0 Å². The van der Waals surface area contributed by atoms with Crippen LogP contribution in [0, 0.1) is 18.3 Å². The largest absolute Gasteiger partial charge is 0.356 e. The molecule has 96 valence electrons. The Bertz CT molecular complexity index is 449. The maximum absolute atomic E-state index is 11.2. The molecule has 0 radical (unpaired) electrons. The lowest BCUT2D eigenvalue weighted by molar-refractivity contribution is -0.120. The smallest absolute Gasteiger partial charge is 0.221 e. The number of carbonyl (C=O) groups is 1. The first-order chi connectivity index (χ1) is 8.67. The van der Waals surface area contributed by atoms with Crippen LogP contribution >= 0.6 is 0 Å². The zero-order valence-corrected chi connectivity index (χ0v) is 10.9. The van der Waals surface area contributed by atoms with Crippen LogP contribution in [-0.2, 0) is 11.3 Å². The van der Waals surface area contributed by atoms with Crippen LogP contribution in [0.1, 0.15) is 30.0 Å². The number of rotatable bonds is 6. The first-order valence-electron chi connectivity index (χ1n) is 6.14. The number of amides is 1. The lowest BCUT2D eigenvalue weighted by Gasteiger charge is -2.08. The standard InChI is InChI=1S/C14H19N3O/c1-3-17-14(18)6-7-16-10-13-5-4-12(9-15)8-11(13)2/h4-5,8,16H,3,6-7,10H2,1-2H3,(H,17,18). The highest BCUT2D eigenvalue weighted by Crippen LogP contribution is 2.10. The van der Waals surface area contributed by atoms with Crippen LogP contribution < -0.4 is 10.6 Å². The van der Waals surface area contributed by atoms with Crippen molar-refractivity contribution in [2.75, 3.05) is 13.1 Å². The van der Waals surface area contributed by atoms with E-state index in [1.54, 1.807) is 0 Å². The van der Waals surface area contributed by atoms with Gasteiger partial charge in [0.15, 0.2) is 0 Å². The first kappa shape index (κ1) is 14.2. The normalized spacial score (nSPS) is 9.83. The van der Waals surface area contributed by atoms with E-state index in [9.17, 15) is 4.79 Å². The summed E-state index contributed by atoms with van der Waals surface area (Å²) in [6.07, 6.45) is 0.489. The highest BCUT2D eigenvalue weighted by atomic mass is 16.1. The number of hydrogen-bond acceptors (Lipinski definition) is 3. The van der Waals surface area contributed by atoms with E-state index in [2.05, 4.69) is 16.7 Å². The molecule has 0 bridgehead atoms. The quantitative estimate of drug-likeness (QED) is 0.746. The molecule has 0 aliphatic heterocycles. The van der Waals surface area contributed by atoms with Gasteiger partial charge in [-0.3, -0.25) is 4.79 Å². The molecule has 0 spiro atoms. The Hall–Kier alpha value is -1.86. The Morgan fingerprint density at radius 2 is 2.22 bits per heavy atom. The van der Waals surface area contributed by atoms with E-state index in [1.807, 2.05) is 32.0 Å². The van der Waals surface area contributed by atoms with Crippen LogP contribution in [0.4, 0.5) is 0 Å². The van der Waals surface area contributed by atoms with Gasteiger partial charge in [0, 0.05) is 26.1 Å². The molecule has 1 amide bonds. The van der Waals surface area contributed by atoms with E-state index < -0.39 is 0 Å². The average Bonchev–Trinajstić information content (AvgIpc) is 2.36. The van der Waals surface area contributed by atoms with Crippen molar-refractivity contribution in [3.8, 4) is 6.07 Å². The number of nitriles is 1.